The fourth-order valence-electron chi connectivity index (χ4n) is 5.35. The lowest BCUT2D eigenvalue weighted by Gasteiger charge is -2.29. The summed E-state index contributed by atoms with van der Waals surface area (Å²) >= 11 is 0. The fourth-order valence-corrected chi connectivity index (χ4v) is 5.35. The largest absolute Gasteiger partial charge is 0.504 e. The van der Waals surface area contributed by atoms with E-state index in [1.54, 1.807) is 30.3 Å². The first kappa shape index (κ1) is 20.5. The van der Waals surface area contributed by atoms with Crippen LogP contribution in [0.4, 0.5) is 5.69 Å². The molecule has 0 aliphatic carbocycles. The Hall–Kier alpha value is -3.43. The maximum absolute atomic E-state index is 13.5. The van der Waals surface area contributed by atoms with Crippen molar-refractivity contribution in [2.75, 3.05) is 25.6 Å². The van der Waals surface area contributed by atoms with Gasteiger partial charge in [0, 0.05) is 24.4 Å². The number of amides is 3. The van der Waals surface area contributed by atoms with E-state index in [2.05, 4.69) is 10.6 Å². The van der Waals surface area contributed by atoms with Gasteiger partial charge in [0.1, 0.15) is 5.54 Å². The minimum absolute atomic E-state index is 0.118. The average molecular weight is 437 g/mol. The lowest BCUT2D eigenvalue weighted by atomic mass is 9.76. The first-order valence-corrected chi connectivity index (χ1v) is 10.4. The number of ether oxygens (including phenoxy) is 1. The SMILES string of the molecule is COCCN1C(=O)[C@@H]2[C@H](Cc3ccc(O)c(O)c3)N[C@]3(C(=O)Nc4ccccc43)[C@@H]2C1=O. The number of methoxy groups -OCH3 is 1. The van der Waals surface area contributed by atoms with Gasteiger partial charge in [-0.25, -0.2) is 0 Å². The number of hydrogen-bond acceptors (Lipinski definition) is 7. The third kappa shape index (κ3) is 2.74. The number of nitrogens with one attached hydrogen (secondary N) is 2. The Morgan fingerprint density at radius 2 is 1.84 bits per heavy atom. The molecule has 0 radical (unpaired) electrons. The van der Waals surface area contributed by atoms with Crippen LogP contribution < -0.4 is 10.6 Å². The monoisotopic (exact) mass is 437 g/mol. The molecule has 3 aliphatic heterocycles. The van der Waals surface area contributed by atoms with E-state index >= 15 is 0 Å². The minimum Gasteiger partial charge on any atom is -0.504 e. The number of rotatable bonds is 5. The van der Waals surface area contributed by atoms with E-state index in [9.17, 15) is 24.6 Å². The molecule has 0 unspecified atom stereocenters. The van der Waals surface area contributed by atoms with Crippen molar-refractivity contribution in [1.29, 1.82) is 0 Å². The number of fused-ring (bicyclic) bond motifs is 4. The molecule has 2 saturated heterocycles. The van der Waals surface area contributed by atoms with Crippen molar-refractivity contribution in [1.82, 2.24) is 10.2 Å². The van der Waals surface area contributed by atoms with Gasteiger partial charge in [0.05, 0.1) is 25.0 Å². The van der Waals surface area contributed by atoms with Crippen molar-refractivity contribution in [3.05, 3.63) is 53.6 Å². The zero-order chi connectivity index (χ0) is 22.6. The van der Waals surface area contributed by atoms with E-state index in [4.69, 9.17) is 4.74 Å². The second kappa shape index (κ2) is 7.32. The molecule has 3 amide bonds. The summed E-state index contributed by atoms with van der Waals surface area (Å²) in [5.74, 6) is -3.27. The van der Waals surface area contributed by atoms with Gasteiger partial charge in [-0.05, 0) is 30.2 Å². The zero-order valence-corrected chi connectivity index (χ0v) is 17.4. The first-order chi connectivity index (χ1) is 15.4. The van der Waals surface area contributed by atoms with E-state index in [-0.39, 0.29) is 42.9 Å². The Kier molecular flexibility index (Phi) is 4.68. The topological polar surface area (TPSA) is 128 Å². The lowest BCUT2D eigenvalue weighted by Crippen LogP contribution is -2.53. The van der Waals surface area contributed by atoms with Crippen LogP contribution in [0.25, 0.3) is 0 Å². The van der Waals surface area contributed by atoms with Crippen LogP contribution in [0.1, 0.15) is 11.1 Å². The molecule has 3 heterocycles. The molecule has 1 spiro atoms. The van der Waals surface area contributed by atoms with E-state index < -0.39 is 29.3 Å². The highest BCUT2D eigenvalue weighted by Crippen LogP contribution is 2.53. The van der Waals surface area contributed by atoms with Crippen LogP contribution in [-0.4, -0.2) is 59.1 Å². The number of phenolic OH excluding ortho intramolecular Hbond substituents is 2. The number of likely N-dealkylation sites (tertiary alicyclic amines) is 1. The van der Waals surface area contributed by atoms with Crippen LogP contribution in [0.3, 0.4) is 0 Å². The molecule has 2 aromatic carbocycles. The maximum atomic E-state index is 13.5. The molecule has 3 aliphatic rings. The Bertz CT molecular complexity index is 1130. The average Bonchev–Trinajstić information content (AvgIpc) is 3.34. The van der Waals surface area contributed by atoms with Crippen molar-refractivity contribution < 1.29 is 29.3 Å². The number of carbonyl (C=O) groups excluding carboxylic acids is 3. The summed E-state index contributed by atoms with van der Waals surface area (Å²) in [5, 5.41) is 25.7. The molecule has 2 fully saturated rings. The van der Waals surface area contributed by atoms with Gasteiger partial charge in [0.15, 0.2) is 11.5 Å². The number of imide groups is 1. The summed E-state index contributed by atoms with van der Waals surface area (Å²) in [7, 11) is 1.50. The Labute approximate surface area is 184 Å². The summed E-state index contributed by atoms with van der Waals surface area (Å²) in [6.07, 6.45) is 0.281. The van der Waals surface area contributed by atoms with E-state index in [0.29, 0.717) is 16.8 Å². The van der Waals surface area contributed by atoms with E-state index in [1.807, 2.05) is 0 Å². The number of phenols is 2. The number of benzene rings is 2. The molecule has 0 saturated carbocycles. The highest BCUT2D eigenvalue weighted by molar-refractivity contribution is 6.15. The van der Waals surface area contributed by atoms with Crippen LogP contribution in [0.2, 0.25) is 0 Å². The minimum atomic E-state index is -1.36. The highest BCUT2D eigenvalue weighted by atomic mass is 16.5. The van der Waals surface area contributed by atoms with Crippen LogP contribution in [0.15, 0.2) is 42.5 Å². The molecule has 5 rings (SSSR count). The number of anilines is 1. The Balaban J connectivity index is 1.59. The molecule has 0 bridgehead atoms. The molecular formula is C23H23N3O6. The van der Waals surface area contributed by atoms with Gasteiger partial charge in [-0.15, -0.1) is 0 Å². The van der Waals surface area contributed by atoms with E-state index in [1.165, 1.54) is 24.1 Å². The van der Waals surface area contributed by atoms with Crippen molar-refractivity contribution >= 4 is 23.4 Å². The number of aromatic hydroxyl groups is 2. The lowest BCUT2D eigenvalue weighted by molar-refractivity contribution is -0.143. The highest BCUT2D eigenvalue weighted by Gasteiger charge is 2.70. The third-order valence-corrected chi connectivity index (χ3v) is 6.73. The Morgan fingerprint density at radius 3 is 2.59 bits per heavy atom. The molecule has 9 nitrogen and oxygen atoms in total. The molecule has 32 heavy (non-hydrogen) atoms. The summed E-state index contributed by atoms with van der Waals surface area (Å²) in [6, 6.07) is 11.1. The van der Waals surface area contributed by atoms with Crippen LogP contribution >= 0.6 is 0 Å². The quantitative estimate of drug-likeness (QED) is 0.401. The molecule has 0 aromatic heterocycles. The van der Waals surface area contributed by atoms with Gasteiger partial charge >= 0.3 is 0 Å². The van der Waals surface area contributed by atoms with Crippen molar-refractivity contribution in [3.8, 4) is 11.5 Å². The van der Waals surface area contributed by atoms with Gasteiger partial charge in [0.2, 0.25) is 17.7 Å². The maximum Gasteiger partial charge on any atom is 0.250 e. The smallest absolute Gasteiger partial charge is 0.250 e. The fraction of sp³-hybridized carbons (Fsp3) is 0.348. The first-order valence-electron chi connectivity index (χ1n) is 10.4. The van der Waals surface area contributed by atoms with Crippen molar-refractivity contribution in [2.24, 2.45) is 11.8 Å². The van der Waals surface area contributed by atoms with Gasteiger partial charge in [-0.3, -0.25) is 24.6 Å². The standard InChI is InChI=1S/C23H23N3O6/c1-32-9-8-26-20(29)18-15(10-12-6-7-16(27)17(28)11-12)25-23(19(18)21(26)30)13-4-2-3-5-14(13)24-22(23)31/h2-7,11,15,18-19,25,27-28H,8-10H2,1H3,(H,24,31)/t15-,18+,19-,23-/m0/s1. The zero-order valence-electron chi connectivity index (χ0n) is 17.4. The van der Waals surface area contributed by atoms with E-state index in [0.717, 1.165) is 0 Å². The van der Waals surface area contributed by atoms with Crippen LogP contribution in [-0.2, 0) is 31.1 Å². The summed E-state index contributed by atoms with van der Waals surface area (Å²) < 4.78 is 5.07. The van der Waals surface area contributed by atoms with Gasteiger partial charge < -0.3 is 20.3 Å². The third-order valence-electron chi connectivity index (χ3n) is 6.73. The van der Waals surface area contributed by atoms with Crippen LogP contribution in [0.5, 0.6) is 11.5 Å². The molecule has 4 N–H and O–H groups in total. The number of para-hydroxylation sites is 1. The molecule has 2 aromatic rings. The predicted molar refractivity (Wildman–Crippen MR) is 113 cm³/mol. The number of carbonyl (C=O) groups is 3. The van der Waals surface area contributed by atoms with Crippen molar-refractivity contribution in [2.45, 2.75) is 18.0 Å². The molecule has 9 heteroatoms. The molecular weight excluding hydrogens is 414 g/mol. The summed E-state index contributed by atoms with van der Waals surface area (Å²) in [6.45, 7) is 0.323. The van der Waals surface area contributed by atoms with Crippen molar-refractivity contribution in [3.63, 3.8) is 0 Å². The second-order valence-electron chi connectivity index (χ2n) is 8.41. The molecule has 166 valence electrons. The number of nitrogens with zero attached hydrogens (tertiary/aromatic N) is 1. The second-order valence-corrected chi connectivity index (χ2v) is 8.41. The normalized spacial score (nSPS) is 28.3. The predicted octanol–water partition coefficient (Wildman–Crippen LogP) is 0.707. The molecule has 4 atom stereocenters. The Morgan fingerprint density at radius 1 is 1.06 bits per heavy atom. The number of hydrogen-bond donors (Lipinski definition) is 4. The van der Waals surface area contributed by atoms with Crippen LogP contribution in [0, 0.1) is 11.8 Å². The van der Waals surface area contributed by atoms with Gasteiger partial charge in [-0.1, -0.05) is 24.3 Å². The summed E-state index contributed by atoms with van der Waals surface area (Å²) in [4.78, 5) is 41.4. The van der Waals surface area contributed by atoms with Gasteiger partial charge in [0.25, 0.3) is 0 Å². The summed E-state index contributed by atoms with van der Waals surface area (Å²) in [5.41, 5.74) is 0.559. The van der Waals surface area contributed by atoms with Gasteiger partial charge in [-0.2, -0.15) is 0 Å².